The summed E-state index contributed by atoms with van der Waals surface area (Å²) >= 11 is 0. The van der Waals surface area contributed by atoms with Gasteiger partial charge in [-0.15, -0.1) is 0 Å². The van der Waals surface area contributed by atoms with Gasteiger partial charge in [-0.25, -0.2) is 17.6 Å². The number of rotatable bonds is 3. The average Bonchev–Trinajstić information content (AvgIpc) is 2.33. The molecule has 0 heterocycles. The molecule has 0 fully saturated rings. The van der Waals surface area contributed by atoms with Gasteiger partial charge in [0, 0.05) is 13.1 Å². The van der Waals surface area contributed by atoms with Crippen LogP contribution in [0.5, 0.6) is 0 Å². The molecule has 92 valence electrons. The lowest BCUT2D eigenvalue weighted by atomic mass is 10.1. The fraction of sp³-hybridized carbons (Fsp3) is 0.364. The molecule has 17 heavy (non-hydrogen) atoms. The van der Waals surface area contributed by atoms with Gasteiger partial charge in [-0.1, -0.05) is 0 Å². The summed E-state index contributed by atoms with van der Waals surface area (Å²) in [6.07, 6.45) is 0. The predicted molar refractivity (Wildman–Crippen MR) is 54.6 cm³/mol. The molecule has 1 rings (SSSR count). The van der Waals surface area contributed by atoms with E-state index in [9.17, 15) is 17.6 Å². The van der Waals surface area contributed by atoms with Crippen molar-refractivity contribution in [2.45, 2.75) is 13.8 Å². The second kappa shape index (κ2) is 5.04. The number of nitriles is 1. The largest absolute Gasteiger partial charge is 0.367 e. The molecule has 0 aliphatic rings. The van der Waals surface area contributed by atoms with Crippen LogP contribution >= 0.6 is 0 Å². The number of anilines is 1. The molecule has 6 heteroatoms. The molecular formula is C11H10F4N2. The summed E-state index contributed by atoms with van der Waals surface area (Å²) in [6.45, 7) is 3.57. The minimum Gasteiger partial charge on any atom is -0.367 e. The standard InChI is InChI=1S/C11H10F4N2/c1-3-17(4-2)11-9(14)7(12)6(5-16)8(13)10(11)15/h3-4H2,1-2H3. The van der Waals surface area contributed by atoms with Crippen LogP contribution in [0, 0.1) is 34.6 Å². The Morgan fingerprint density at radius 2 is 1.35 bits per heavy atom. The van der Waals surface area contributed by atoms with Gasteiger partial charge in [0.15, 0.2) is 23.3 Å². The Labute approximate surface area is 96.1 Å². The zero-order chi connectivity index (χ0) is 13.2. The molecule has 0 saturated carbocycles. The van der Waals surface area contributed by atoms with E-state index in [0.717, 1.165) is 11.0 Å². The maximum absolute atomic E-state index is 13.5. The molecule has 0 N–H and O–H groups in total. The van der Waals surface area contributed by atoms with Crippen LogP contribution < -0.4 is 4.90 Å². The summed E-state index contributed by atoms with van der Waals surface area (Å²) in [5, 5.41) is 8.42. The van der Waals surface area contributed by atoms with Crippen LogP contribution in [0.1, 0.15) is 19.4 Å². The average molecular weight is 246 g/mol. The van der Waals surface area contributed by atoms with E-state index in [-0.39, 0.29) is 13.1 Å². The van der Waals surface area contributed by atoms with E-state index < -0.39 is 34.5 Å². The van der Waals surface area contributed by atoms with Crippen molar-refractivity contribution >= 4 is 5.69 Å². The summed E-state index contributed by atoms with van der Waals surface area (Å²) in [5.41, 5.74) is -2.01. The number of nitrogens with zero attached hydrogens (tertiary/aromatic N) is 2. The summed E-state index contributed by atoms with van der Waals surface area (Å²) in [6, 6.07) is 1.10. The van der Waals surface area contributed by atoms with Crippen LogP contribution in [0.15, 0.2) is 0 Å². The fourth-order valence-electron chi connectivity index (χ4n) is 1.54. The van der Waals surface area contributed by atoms with Gasteiger partial charge in [-0.3, -0.25) is 0 Å². The minimum absolute atomic E-state index is 0.190. The number of hydrogen-bond acceptors (Lipinski definition) is 2. The van der Waals surface area contributed by atoms with Crippen molar-refractivity contribution in [3.8, 4) is 6.07 Å². The highest BCUT2D eigenvalue weighted by molar-refractivity contribution is 5.54. The molecule has 0 aromatic heterocycles. The van der Waals surface area contributed by atoms with Crippen molar-refractivity contribution in [3.05, 3.63) is 28.8 Å². The molecule has 0 bridgehead atoms. The highest BCUT2D eigenvalue weighted by Crippen LogP contribution is 2.30. The lowest BCUT2D eigenvalue weighted by Crippen LogP contribution is -2.25. The van der Waals surface area contributed by atoms with Crippen LogP contribution in [0.3, 0.4) is 0 Å². The van der Waals surface area contributed by atoms with Crippen molar-refractivity contribution in [3.63, 3.8) is 0 Å². The van der Waals surface area contributed by atoms with Gasteiger partial charge in [-0.2, -0.15) is 5.26 Å². The maximum Gasteiger partial charge on any atom is 0.186 e. The summed E-state index contributed by atoms with van der Waals surface area (Å²) in [7, 11) is 0. The molecule has 0 unspecified atom stereocenters. The Balaban J connectivity index is 3.59. The normalized spacial score (nSPS) is 10.2. The lowest BCUT2D eigenvalue weighted by molar-refractivity contribution is 0.448. The molecular weight excluding hydrogens is 236 g/mol. The van der Waals surface area contributed by atoms with Crippen LogP contribution in [0.25, 0.3) is 0 Å². The van der Waals surface area contributed by atoms with Gasteiger partial charge >= 0.3 is 0 Å². The van der Waals surface area contributed by atoms with E-state index in [2.05, 4.69) is 0 Å². The molecule has 1 aromatic rings. The van der Waals surface area contributed by atoms with Gasteiger partial charge in [-0.05, 0) is 13.8 Å². The molecule has 1 aromatic carbocycles. The van der Waals surface area contributed by atoms with Crippen molar-refractivity contribution in [1.29, 1.82) is 5.26 Å². The first-order valence-electron chi connectivity index (χ1n) is 5.00. The van der Waals surface area contributed by atoms with E-state index in [1.807, 2.05) is 0 Å². The van der Waals surface area contributed by atoms with Gasteiger partial charge in [0.25, 0.3) is 0 Å². The van der Waals surface area contributed by atoms with E-state index in [0.29, 0.717) is 0 Å². The Hall–Kier alpha value is -1.77. The molecule has 0 radical (unpaired) electrons. The van der Waals surface area contributed by atoms with Crippen LogP contribution in [-0.2, 0) is 0 Å². The summed E-state index contributed by atoms with van der Waals surface area (Å²) < 4.78 is 53.7. The number of benzene rings is 1. The van der Waals surface area contributed by atoms with Crippen LogP contribution in [0.4, 0.5) is 23.2 Å². The smallest absolute Gasteiger partial charge is 0.186 e. The Kier molecular flexibility index (Phi) is 3.94. The predicted octanol–water partition coefficient (Wildman–Crippen LogP) is 2.96. The van der Waals surface area contributed by atoms with Gasteiger partial charge in [0.05, 0.1) is 0 Å². The third-order valence-corrected chi connectivity index (χ3v) is 2.43. The minimum atomic E-state index is -1.66. The topological polar surface area (TPSA) is 27.0 Å². The molecule has 0 saturated heterocycles. The molecule has 2 nitrogen and oxygen atoms in total. The number of halogens is 4. The fourth-order valence-corrected chi connectivity index (χ4v) is 1.54. The zero-order valence-electron chi connectivity index (χ0n) is 9.32. The van der Waals surface area contributed by atoms with Crippen molar-refractivity contribution in [2.24, 2.45) is 0 Å². The van der Waals surface area contributed by atoms with E-state index >= 15 is 0 Å². The quantitative estimate of drug-likeness (QED) is 0.605. The number of hydrogen-bond donors (Lipinski definition) is 0. The van der Waals surface area contributed by atoms with Crippen LogP contribution in [0.2, 0.25) is 0 Å². The molecule has 0 amide bonds. The molecule has 0 aliphatic heterocycles. The highest BCUT2D eigenvalue weighted by atomic mass is 19.2. The zero-order valence-corrected chi connectivity index (χ0v) is 9.32. The SMILES string of the molecule is CCN(CC)c1c(F)c(F)c(C#N)c(F)c1F. The summed E-state index contributed by atoms with van der Waals surface area (Å²) in [4.78, 5) is 1.14. The second-order valence-corrected chi connectivity index (χ2v) is 3.26. The third kappa shape index (κ3) is 2.05. The monoisotopic (exact) mass is 246 g/mol. The van der Waals surface area contributed by atoms with E-state index in [1.165, 1.54) is 0 Å². The van der Waals surface area contributed by atoms with Gasteiger partial charge < -0.3 is 4.90 Å². The second-order valence-electron chi connectivity index (χ2n) is 3.26. The maximum atomic E-state index is 13.5. The van der Waals surface area contributed by atoms with Crippen molar-refractivity contribution < 1.29 is 17.6 Å². The highest BCUT2D eigenvalue weighted by Gasteiger charge is 2.27. The van der Waals surface area contributed by atoms with Crippen molar-refractivity contribution in [2.75, 3.05) is 18.0 Å². The third-order valence-electron chi connectivity index (χ3n) is 2.43. The molecule has 0 atom stereocenters. The van der Waals surface area contributed by atoms with Crippen molar-refractivity contribution in [1.82, 2.24) is 0 Å². The Morgan fingerprint density at radius 1 is 0.941 bits per heavy atom. The first kappa shape index (κ1) is 13.3. The lowest BCUT2D eigenvalue weighted by Gasteiger charge is -2.22. The van der Waals surface area contributed by atoms with E-state index in [1.54, 1.807) is 13.8 Å². The van der Waals surface area contributed by atoms with Gasteiger partial charge in [0.1, 0.15) is 17.3 Å². The summed E-state index contributed by atoms with van der Waals surface area (Å²) in [5.74, 6) is -6.39. The van der Waals surface area contributed by atoms with Crippen LogP contribution in [-0.4, -0.2) is 13.1 Å². The first-order chi connectivity index (χ1) is 7.99. The molecule has 0 aliphatic carbocycles. The molecule has 0 spiro atoms. The Morgan fingerprint density at radius 3 is 1.65 bits per heavy atom. The van der Waals surface area contributed by atoms with E-state index in [4.69, 9.17) is 5.26 Å². The van der Waals surface area contributed by atoms with Gasteiger partial charge in [0.2, 0.25) is 0 Å². The Bertz CT molecular complexity index is 446. The first-order valence-corrected chi connectivity index (χ1v) is 5.00.